The first-order valence-corrected chi connectivity index (χ1v) is 8.20. The zero-order valence-electron chi connectivity index (χ0n) is 12.5. The standard InChI is InChI=1S/C17H12ClFN2O2S/c1-9(22)20-10-4-2-5-11(8-10)21-17(23)16-15(18)14-12(19)6-3-7-13(14)24-16/h2-8H,1H3,(H,20,22)(H,21,23). The van der Waals surface area contributed by atoms with Crippen molar-refractivity contribution in [3.63, 3.8) is 0 Å². The minimum absolute atomic E-state index is 0.101. The molecule has 0 radical (unpaired) electrons. The lowest BCUT2D eigenvalue weighted by molar-refractivity contribution is -0.114. The summed E-state index contributed by atoms with van der Waals surface area (Å²) in [6, 6.07) is 11.3. The molecule has 0 atom stereocenters. The number of thiophene rings is 1. The number of nitrogens with one attached hydrogen (secondary N) is 2. The summed E-state index contributed by atoms with van der Waals surface area (Å²) < 4.78 is 14.5. The van der Waals surface area contributed by atoms with Crippen molar-refractivity contribution in [2.45, 2.75) is 6.92 Å². The smallest absolute Gasteiger partial charge is 0.267 e. The van der Waals surface area contributed by atoms with Crippen molar-refractivity contribution in [1.82, 2.24) is 0 Å². The van der Waals surface area contributed by atoms with Gasteiger partial charge in [0.15, 0.2) is 0 Å². The Kier molecular flexibility index (Phi) is 4.51. The Balaban J connectivity index is 1.89. The summed E-state index contributed by atoms with van der Waals surface area (Å²) >= 11 is 7.30. The highest BCUT2D eigenvalue weighted by Crippen LogP contribution is 2.37. The summed E-state index contributed by atoms with van der Waals surface area (Å²) in [4.78, 5) is 23.8. The number of hydrogen-bond donors (Lipinski definition) is 2. The first kappa shape index (κ1) is 16.4. The Labute approximate surface area is 146 Å². The number of carbonyl (C=O) groups is 2. The van der Waals surface area contributed by atoms with E-state index >= 15 is 0 Å². The van der Waals surface area contributed by atoms with Crippen LogP contribution in [0.1, 0.15) is 16.6 Å². The molecule has 3 rings (SSSR count). The van der Waals surface area contributed by atoms with Gasteiger partial charge in [0.25, 0.3) is 5.91 Å². The summed E-state index contributed by atoms with van der Waals surface area (Å²) in [7, 11) is 0. The van der Waals surface area contributed by atoms with E-state index in [0.29, 0.717) is 16.1 Å². The van der Waals surface area contributed by atoms with E-state index in [1.54, 1.807) is 36.4 Å². The Hall–Kier alpha value is -2.44. The predicted molar refractivity (Wildman–Crippen MR) is 95.5 cm³/mol. The Morgan fingerprint density at radius 3 is 2.42 bits per heavy atom. The van der Waals surface area contributed by atoms with Crippen LogP contribution in [0.15, 0.2) is 42.5 Å². The van der Waals surface area contributed by atoms with Gasteiger partial charge in [0.05, 0.1) is 5.02 Å². The van der Waals surface area contributed by atoms with Crippen LogP contribution in [0.3, 0.4) is 0 Å². The van der Waals surface area contributed by atoms with Crippen LogP contribution in [0.25, 0.3) is 10.1 Å². The quantitative estimate of drug-likeness (QED) is 0.695. The first-order valence-electron chi connectivity index (χ1n) is 7.01. The third kappa shape index (κ3) is 3.25. The van der Waals surface area contributed by atoms with E-state index in [-0.39, 0.29) is 21.2 Å². The molecule has 2 aromatic carbocycles. The normalized spacial score (nSPS) is 10.6. The van der Waals surface area contributed by atoms with Crippen LogP contribution >= 0.6 is 22.9 Å². The van der Waals surface area contributed by atoms with Gasteiger partial charge in [0.1, 0.15) is 10.7 Å². The minimum Gasteiger partial charge on any atom is -0.326 e. The lowest BCUT2D eigenvalue weighted by Crippen LogP contribution is -2.11. The van der Waals surface area contributed by atoms with Crippen LogP contribution in [0.4, 0.5) is 15.8 Å². The Morgan fingerprint density at radius 1 is 1.08 bits per heavy atom. The summed E-state index contributed by atoms with van der Waals surface area (Å²) in [5.41, 5.74) is 1.06. The summed E-state index contributed by atoms with van der Waals surface area (Å²) in [6.45, 7) is 1.40. The fourth-order valence-electron chi connectivity index (χ4n) is 2.28. The second kappa shape index (κ2) is 6.59. The van der Waals surface area contributed by atoms with Crippen molar-refractivity contribution in [3.8, 4) is 0 Å². The SMILES string of the molecule is CC(=O)Nc1cccc(NC(=O)c2sc3cccc(F)c3c2Cl)c1. The van der Waals surface area contributed by atoms with E-state index < -0.39 is 11.7 Å². The molecule has 122 valence electrons. The number of amides is 2. The highest BCUT2D eigenvalue weighted by molar-refractivity contribution is 7.21. The molecule has 2 amide bonds. The monoisotopic (exact) mass is 362 g/mol. The lowest BCUT2D eigenvalue weighted by Gasteiger charge is -2.07. The highest BCUT2D eigenvalue weighted by atomic mass is 35.5. The molecule has 1 heterocycles. The molecule has 1 aromatic heterocycles. The predicted octanol–water partition coefficient (Wildman–Crippen LogP) is 4.90. The second-order valence-corrected chi connectivity index (χ2v) is 6.50. The molecule has 24 heavy (non-hydrogen) atoms. The fourth-order valence-corrected chi connectivity index (χ4v) is 3.74. The molecular formula is C17H12ClFN2O2S. The van der Waals surface area contributed by atoms with Gasteiger partial charge in [-0.2, -0.15) is 0 Å². The van der Waals surface area contributed by atoms with Crippen molar-refractivity contribution >= 4 is 56.2 Å². The number of rotatable bonds is 3. The lowest BCUT2D eigenvalue weighted by atomic mass is 10.2. The van der Waals surface area contributed by atoms with Gasteiger partial charge >= 0.3 is 0 Å². The molecule has 4 nitrogen and oxygen atoms in total. The van der Waals surface area contributed by atoms with Gasteiger partial charge in [0.2, 0.25) is 5.91 Å². The van der Waals surface area contributed by atoms with Crippen LogP contribution in [-0.4, -0.2) is 11.8 Å². The number of carbonyl (C=O) groups excluding carboxylic acids is 2. The average molecular weight is 363 g/mol. The van der Waals surface area contributed by atoms with Gasteiger partial charge in [-0.3, -0.25) is 9.59 Å². The van der Waals surface area contributed by atoms with Crippen LogP contribution in [-0.2, 0) is 4.79 Å². The van der Waals surface area contributed by atoms with Crippen molar-refractivity contribution < 1.29 is 14.0 Å². The van der Waals surface area contributed by atoms with Crippen LogP contribution in [0, 0.1) is 5.82 Å². The van der Waals surface area contributed by atoms with Gasteiger partial charge in [-0.1, -0.05) is 23.7 Å². The number of hydrogen-bond acceptors (Lipinski definition) is 3. The van der Waals surface area contributed by atoms with E-state index in [9.17, 15) is 14.0 Å². The number of anilines is 2. The topological polar surface area (TPSA) is 58.2 Å². The minimum atomic E-state index is -0.458. The molecule has 0 spiro atoms. The molecule has 0 fully saturated rings. The van der Waals surface area contributed by atoms with Gasteiger partial charge in [-0.25, -0.2) is 4.39 Å². The zero-order chi connectivity index (χ0) is 17.3. The zero-order valence-corrected chi connectivity index (χ0v) is 14.1. The van der Waals surface area contributed by atoms with E-state index in [1.165, 1.54) is 13.0 Å². The van der Waals surface area contributed by atoms with Crippen molar-refractivity contribution in [3.05, 3.63) is 58.2 Å². The van der Waals surface area contributed by atoms with Crippen molar-refractivity contribution in [2.24, 2.45) is 0 Å². The maximum absolute atomic E-state index is 13.9. The molecule has 0 saturated heterocycles. The van der Waals surface area contributed by atoms with Crippen LogP contribution in [0.5, 0.6) is 0 Å². The van der Waals surface area contributed by atoms with Gasteiger partial charge < -0.3 is 10.6 Å². The molecule has 0 aliphatic carbocycles. The summed E-state index contributed by atoms with van der Waals surface area (Å²) in [5, 5.41) is 5.69. The molecule has 0 unspecified atom stereocenters. The molecule has 7 heteroatoms. The molecular weight excluding hydrogens is 351 g/mol. The highest BCUT2D eigenvalue weighted by Gasteiger charge is 2.19. The third-order valence-corrected chi connectivity index (χ3v) is 4.90. The van der Waals surface area contributed by atoms with E-state index in [2.05, 4.69) is 10.6 Å². The largest absolute Gasteiger partial charge is 0.326 e. The second-order valence-electron chi connectivity index (χ2n) is 5.07. The van der Waals surface area contributed by atoms with Gasteiger partial charge in [-0.05, 0) is 30.3 Å². The third-order valence-electron chi connectivity index (χ3n) is 3.25. The molecule has 0 aliphatic heterocycles. The van der Waals surface area contributed by atoms with E-state index in [4.69, 9.17) is 11.6 Å². The number of benzene rings is 2. The van der Waals surface area contributed by atoms with Gasteiger partial charge in [0, 0.05) is 28.4 Å². The fraction of sp³-hybridized carbons (Fsp3) is 0.0588. The summed E-state index contributed by atoms with van der Waals surface area (Å²) in [5.74, 6) is -1.09. The molecule has 3 aromatic rings. The molecule has 2 N–H and O–H groups in total. The average Bonchev–Trinajstić information content (AvgIpc) is 2.85. The maximum atomic E-state index is 13.9. The Bertz CT molecular complexity index is 955. The maximum Gasteiger partial charge on any atom is 0.267 e. The van der Waals surface area contributed by atoms with Crippen molar-refractivity contribution in [2.75, 3.05) is 10.6 Å². The number of fused-ring (bicyclic) bond motifs is 1. The molecule has 0 aliphatic rings. The van der Waals surface area contributed by atoms with Gasteiger partial charge in [-0.15, -0.1) is 11.3 Å². The number of halogens is 2. The summed E-state index contributed by atoms with van der Waals surface area (Å²) in [6.07, 6.45) is 0. The molecule has 0 saturated carbocycles. The van der Waals surface area contributed by atoms with E-state index in [1.807, 2.05) is 0 Å². The Morgan fingerprint density at radius 2 is 1.75 bits per heavy atom. The van der Waals surface area contributed by atoms with Crippen LogP contribution < -0.4 is 10.6 Å². The van der Waals surface area contributed by atoms with Crippen molar-refractivity contribution in [1.29, 1.82) is 0 Å². The van der Waals surface area contributed by atoms with Crippen LogP contribution in [0.2, 0.25) is 5.02 Å². The first-order chi connectivity index (χ1) is 11.5. The van der Waals surface area contributed by atoms with E-state index in [0.717, 1.165) is 11.3 Å². The molecule has 0 bridgehead atoms.